The number of nitro benzene ring substituents is 1. The largest absolute Gasteiger partial charge is 0.463 e. The van der Waals surface area contributed by atoms with Crippen molar-refractivity contribution in [3.8, 4) is 0 Å². The quantitative estimate of drug-likeness (QED) is 0.133. The molecule has 0 heterocycles. The zero-order chi connectivity index (χ0) is 24.3. The SMILES string of the molecule is COCCOC(=O)[C@@H](C(C)=O)C(c1cccc([N+](=O)[O-])c1)[C@H](C(C)=O)C(=O)OCCOC. The summed E-state index contributed by atoms with van der Waals surface area (Å²) in [6.45, 7) is 2.02. The van der Waals surface area contributed by atoms with E-state index in [9.17, 15) is 29.3 Å². The Morgan fingerprint density at radius 1 is 0.875 bits per heavy atom. The van der Waals surface area contributed by atoms with Crippen molar-refractivity contribution in [2.75, 3.05) is 40.6 Å². The van der Waals surface area contributed by atoms with E-state index in [2.05, 4.69) is 0 Å². The first-order valence-corrected chi connectivity index (χ1v) is 9.72. The second-order valence-electron chi connectivity index (χ2n) is 6.88. The summed E-state index contributed by atoms with van der Waals surface area (Å²) in [5, 5.41) is 11.3. The summed E-state index contributed by atoms with van der Waals surface area (Å²) < 4.78 is 19.8. The third kappa shape index (κ3) is 7.50. The molecule has 176 valence electrons. The summed E-state index contributed by atoms with van der Waals surface area (Å²) >= 11 is 0. The fraction of sp³-hybridized carbons (Fsp3) is 0.524. The Morgan fingerprint density at radius 2 is 1.34 bits per heavy atom. The van der Waals surface area contributed by atoms with Gasteiger partial charge in [0.15, 0.2) is 0 Å². The Balaban J connectivity index is 3.55. The van der Waals surface area contributed by atoms with Crippen molar-refractivity contribution >= 4 is 29.2 Å². The lowest BCUT2D eigenvalue weighted by atomic mass is 9.73. The highest BCUT2D eigenvalue weighted by molar-refractivity contribution is 6.04. The number of carbonyl (C=O) groups excluding carboxylic acids is 4. The summed E-state index contributed by atoms with van der Waals surface area (Å²) in [5.41, 5.74) is -0.260. The number of carbonyl (C=O) groups is 4. The highest BCUT2D eigenvalue weighted by Crippen LogP contribution is 2.37. The molecule has 11 heteroatoms. The molecule has 0 spiro atoms. The number of ether oxygens (including phenoxy) is 4. The normalized spacial score (nSPS) is 12.7. The number of benzene rings is 1. The third-order valence-corrected chi connectivity index (χ3v) is 4.63. The Morgan fingerprint density at radius 3 is 1.72 bits per heavy atom. The Labute approximate surface area is 185 Å². The minimum atomic E-state index is -1.59. The van der Waals surface area contributed by atoms with Crippen molar-refractivity contribution in [1.29, 1.82) is 0 Å². The van der Waals surface area contributed by atoms with E-state index in [0.717, 1.165) is 19.9 Å². The van der Waals surface area contributed by atoms with E-state index in [4.69, 9.17) is 18.9 Å². The molecule has 0 aliphatic rings. The molecular weight excluding hydrogens is 426 g/mol. The van der Waals surface area contributed by atoms with Gasteiger partial charge in [-0.1, -0.05) is 12.1 Å². The van der Waals surface area contributed by atoms with Crippen molar-refractivity contribution in [3.05, 3.63) is 39.9 Å². The van der Waals surface area contributed by atoms with Crippen LogP contribution in [0.15, 0.2) is 24.3 Å². The van der Waals surface area contributed by atoms with Crippen LogP contribution in [0.2, 0.25) is 0 Å². The first-order chi connectivity index (χ1) is 15.1. The van der Waals surface area contributed by atoms with Gasteiger partial charge >= 0.3 is 11.9 Å². The van der Waals surface area contributed by atoms with Crippen molar-refractivity contribution in [2.24, 2.45) is 11.8 Å². The van der Waals surface area contributed by atoms with E-state index < -0.39 is 46.2 Å². The number of nitro groups is 1. The topological polar surface area (TPSA) is 148 Å². The highest BCUT2D eigenvalue weighted by Gasteiger charge is 2.45. The van der Waals surface area contributed by atoms with E-state index in [1.807, 2.05) is 0 Å². The number of Topliss-reactive ketones (excluding diaryl/α,β-unsaturated/α-hetero) is 2. The van der Waals surface area contributed by atoms with E-state index >= 15 is 0 Å². The van der Waals surface area contributed by atoms with Crippen LogP contribution < -0.4 is 0 Å². The molecule has 0 aliphatic carbocycles. The standard InChI is InChI=1S/C21H27NO10/c1-13(23)17(20(25)31-10-8-29-3)19(15-6-5-7-16(12-15)22(27)28)18(14(2)24)21(26)32-11-9-30-4/h5-7,12,17-19H,8-11H2,1-4H3/t17-,18-/m0/s1. The van der Waals surface area contributed by atoms with Crippen LogP contribution in [0.3, 0.4) is 0 Å². The smallest absolute Gasteiger partial charge is 0.317 e. The lowest BCUT2D eigenvalue weighted by Gasteiger charge is -2.29. The molecular formula is C21H27NO10. The average molecular weight is 453 g/mol. The zero-order valence-electron chi connectivity index (χ0n) is 18.4. The number of ketones is 2. The van der Waals surface area contributed by atoms with Gasteiger partial charge in [-0.3, -0.25) is 29.3 Å². The predicted octanol–water partition coefficient (Wildman–Crippen LogP) is 1.47. The number of esters is 2. The molecule has 0 aliphatic heterocycles. The average Bonchev–Trinajstić information content (AvgIpc) is 2.73. The molecule has 1 rings (SSSR count). The molecule has 0 amide bonds. The molecule has 1 aromatic carbocycles. The van der Waals surface area contributed by atoms with Crippen molar-refractivity contribution < 1.29 is 43.0 Å². The maximum Gasteiger partial charge on any atom is 0.317 e. The molecule has 0 bridgehead atoms. The molecule has 0 aromatic heterocycles. The van der Waals surface area contributed by atoms with Gasteiger partial charge in [0, 0.05) is 32.3 Å². The molecule has 0 saturated carbocycles. The Kier molecular flexibility index (Phi) is 11.1. The summed E-state index contributed by atoms with van der Waals surface area (Å²) in [5.74, 6) is -7.88. The zero-order valence-corrected chi connectivity index (χ0v) is 18.4. The van der Waals surface area contributed by atoms with Gasteiger partial charge in [-0.15, -0.1) is 0 Å². The summed E-state index contributed by atoms with van der Waals surface area (Å²) in [6.07, 6.45) is 0. The van der Waals surface area contributed by atoms with Crippen molar-refractivity contribution in [3.63, 3.8) is 0 Å². The lowest BCUT2D eigenvalue weighted by Crippen LogP contribution is -2.41. The van der Waals surface area contributed by atoms with Gasteiger partial charge in [0.25, 0.3) is 5.69 Å². The van der Waals surface area contributed by atoms with Crippen LogP contribution in [0.1, 0.15) is 25.3 Å². The van der Waals surface area contributed by atoms with Gasteiger partial charge in [0.2, 0.25) is 0 Å². The summed E-state index contributed by atoms with van der Waals surface area (Å²) in [7, 11) is 2.79. The molecule has 0 unspecified atom stereocenters. The van der Waals surface area contributed by atoms with E-state index in [-0.39, 0.29) is 37.7 Å². The van der Waals surface area contributed by atoms with Crippen LogP contribution in [-0.2, 0) is 38.1 Å². The monoisotopic (exact) mass is 453 g/mol. The second kappa shape index (κ2) is 13.3. The fourth-order valence-corrected chi connectivity index (χ4v) is 3.18. The third-order valence-electron chi connectivity index (χ3n) is 4.63. The van der Waals surface area contributed by atoms with Crippen LogP contribution in [-0.4, -0.2) is 69.1 Å². The molecule has 0 radical (unpaired) electrons. The Hall–Kier alpha value is -3.18. The number of hydrogen-bond acceptors (Lipinski definition) is 10. The fourth-order valence-electron chi connectivity index (χ4n) is 3.18. The molecule has 2 atom stereocenters. The number of non-ortho nitro benzene ring substituents is 1. The van der Waals surface area contributed by atoms with Crippen LogP contribution in [0.25, 0.3) is 0 Å². The van der Waals surface area contributed by atoms with E-state index in [1.165, 1.54) is 32.4 Å². The van der Waals surface area contributed by atoms with Crippen molar-refractivity contribution in [2.45, 2.75) is 19.8 Å². The summed E-state index contributed by atoms with van der Waals surface area (Å²) in [6, 6.07) is 5.05. The molecule has 0 N–H and O–H groups in total. The van der Waals surface area contributed by atoms with Gasteiger partial charge in [0.05, 0.1) is 18.1 Å². The van der Waals surface area contributed by atoms with Crippen LogP contribution in [0.4, 0.5) is 5.69 Å². The van der Waals surface area contributed by atoms with Crippen LogP contribution in [0, 0.1) is 22.0 Å². The highest BCUT2D eigenvalue weighted by atomic mass is 16.6. The molecule has 32 heavy (non-hydrogen) atoms. The first kappa shape index (κ1) is 26.9. The minimum Gasteiger partial charge on any atom is -0.463 e. The van der Waals surface area contributed by atoms with Crippen molar-refractivity contribution in [1.82, 2.24) is 0 Å². The maximum absolute atomic E-state index is 12.8. The molecule has 0 saturated heterocycles. The number of methoxy groups -OCH3 is 2. The predicted molar refractivity (Wildman–Crippen MR) is 110 cm³/mol. The van der Waals surface area contributed by atoms with Crippen LogP contribution in [0.5, 0.6) is 0 Å². The minimum absolute atomic E-state index is 0.0625. The van der Waals surface area contributed by atoms with Gasteiger partial charge < -0.3 is 18.9 Å². The lowest BCUT2D eigenvalue weighted by molar-refractivity contribution is -0.385. The summed E-state index contributed by atoms with van der Waals surface area (Å²) in [4.78, 5) is 61.2. The van der Waals surface area contributed by atoms with E-state index in [0.29, 0.717) is 0 Å². The molecule has 1 aromatic rings. The number of rotatable bonds is 14. The first-order valence-electron chi connectivity index (χ1n) is 9.72. The molecule has 11 nitrogen and oxygen atoms in total. The van der Waals surface area contributed by atoms with Gasteiger partial charge in [-0.25, -0.2) is 0 Å². The van der Waals surface area contributed by atoms with Crippen LogP contribution >= 0.6 is 0 Å². The number of hydrogen-bond donors (Lipinski definition) is 0. The van der Waals surface area contributed by atoms with Gasteiger partial charge in [0.1, 0.15) is 36.6 Å². The molecule has 0 fully saturated rings. The van der Waals surface area contributed by atoms with Gasteiger partial charge in [-0.05, 0) is 19.4 Å². The van der Waals surface area contributed by atoms with E-state index in [1.54, 1.807) is 0 Å². The maximum atomic E-state index is 12.8. The second-order valence-corrected chi connectivity index (χ2v) is 6.88. The number of nitrogens with zero attached hydrogens (tertiary/aromatic N) is 1. The Bertz CT molecular complexity index is 798. The van der Waals surface area contributed by atoms with Gasteiger partial charge in [-0.2, -0.15) is 0 Å².